The predicted octanol–water partition coefficient (Wildman–Crippen LogP) is 3.70. The van der Waals surface area contributed by atoms with Gasteiger partial charge >= 0.3 is 0 Å². The van der Waals surface area contributed by atoms with E-state index in [9.17, 15) is 0 Å². The van der Waals surface area contributed by atoms with E-state index in [0.717, 1.165) is 22.3 Å². The average molecular weight is 329 g/mol. The summed E-state index contributed by atoms with van der Waals surface area (Å²) in [4.78, 5) is 5.81. The van der Waals surface area contributed by atoms with Crippen LogP contribution in [0.1, 0.15) is 10.7 Å². The lowest BCUT2D eigenvalue weighted by Gasteiger charge is -1.99. The molecule has 0 aliphatic carbocycles. The second kappa shape index (κ2) is 6.54. The molecule has 1 aromatic carbocycles. The van der Waals surface area contributed by atoms with Gasteiger partial charge in [0.15, 0.2) is 0 Å². The first-order valence-electron chi connectivity index (χ1n) is 5.29. The fraction of sp³-hybridized carbons (Fsp3) is 0.250. The zero-order valence-corrected chi connectivity index (χ0v) is 12.4. The minimum atomic E-state index is 0.670. The molecular formula is C12H13BrN2S2. The molecule has 17 heavy (non-hydrogen) atoms. The van der Waals surface area contributed by atoms with Crippen LogP contribution >= 0.6 is 39.0 Å². The molecule has 0 aliphatic rings. The Balaban J connectivity index is 1.90. The minimum absolute atomic E-state index is 0.670. The van der Waals surface area contributed by atoms with Crippen molar-refractivity contribution in [2.24, 2.45) is 5.73 Å². The first-order chi connectivity index (χ1) is 8.28. The quantitative estimate of drug-likeness (QED) is 0.850. The molecule has 0 radical (unpaired) electrons. The van der Waals surface area contributed by atoms with Crippen molar-refractivity contribution >= 4 is 39.0 Å². The third-order valence-corrected chi connectivity index (χ3v) is 4.81. The molecule has 5 heteroatoms. The van der Waals surface area contributed by atoms with E-state index in [0.29, 0.717) is 6.54 Å². The molecular weight excluding hydrogens is 316 g/mol. The number of benzene rings is 1. The number of nitrogens with two attached hydrogens (primary N) is 1. The highest BCUT2D eigenvalue weighted by molar-refractivity contribution is 9.10. The van der Waals surface area contributed by atoms with E-state index < -0.39 is 0 Å². The second-order valence-electron chi connectivity index (χ2n) is 3.51. The summed E-state index contributed by atoms with van der Waals surface area (Å²) in [5.74, 6) is 0.927. The first-order valence-corrected chi connectivity index (χ1v) is 7.95. The van der Waals surface area contributed by atoms with Gasteiger partial charge in [0, 0.05) is 21.2 Å². The molecule has 2 N–H and O–H groups in total. The average Bonchev–Trinajstić information content (AvgIpc) is 2.77. The summed E-state index contributed by atoms with van der Waals surface area (Å²) < 4.78 is 1.11. The van der Waals surface area contributed by atoms with Crippen molar-refractivity contribution in [3.8, 4) is 0 Å². The van der Waals surface area contributed by atoms with Crippen molar-refractivity contribution in [2.75, 3.05) is 6.54 Å². The van der Waals surface area contributed by atoms with E-state index in [4.69, 9.17) is 5.73 Å². The van der Waals surface area contributed by atoms with Crippen LogP contribution in [0.3, 0.4) is 0 Å². The zero-order valence-electron chi connectivity index (χ0n) is 9.23. The molecule has 0 amide bonds. The molecule has 2 aromatic rings. The van der Waals surface area contributed by atoms with Crippen LogP contribution in [0.4, 0.5) is 0 Å². The van der Waals surface area contributed by atoms with E-state index in [-0.39, 0.29) is 0 Å². The predicted molar refractivity (Wildman–Crippen MR) is 78.6 cm³/mol. The number of hydrogen-bond donors (Lipinski definition) is 1. The Morgan fingerprint density at radius 3 is 2.76 bits per heavy atom. The number of thioether (sulfide) groups is 1. The highest BCUT2D eigenvalue weighted by Crippen LogP contribution is 2.25. The van der Waals surface area contributed by atoms with Gasteiger partial charge in [-0.05, 0) is 30.8 Å². The SMILES string of the molecule is NCCc1csc(CSc2ccc(Br)cc2)n1. The summed E-state index contributed by atoms with van der Waals surface area (Å²) in [6.45, 7) is 0.670. The largest absolute Gasteiger partial charge is 0.330 e. The molecule has 0 atom stereocenters. The van der Waals surface area contributed by atoms with Gasteiger partial charge in [0.1, 0.15) is 5.01 Å². The summed E-state index contributed by atoms with van der Waals surface area (Å²) in [6.07, 6.45) is 0.874. The number of aromatic nitrogens is 1. The summed E-state index contributed by atoms with van der Waals surface area (Å²) in [5.41, 5.74) is 6.62. The molecule has 0 aliphatic heterocycles. The number of rotatable bonds is 5. The lowest BCUT2D eigenvalue weighted by molar-refractivity contribution is 0.928. The van der Waals surface area contributed by atoms with Crippen LogP contribution in [0.5, 0.6) is 0 Å². The topological polar surface area (TPSA) is 38.9 Å². The van der Waals surface area contributed by atoms with Crippen molar-refractivity contribution in [2.45, 2.75) is 17.1 Å². The van der Waals surface area contributed by atoms with Crippen LogP contribution in [0.15, 0.2) is 39.0 Å². The molecule has 0 unspecified atom stereocenters. The van der Waals surface area contributed by atoms with Crippen LogP contribution in [-0.4, -0.2) is 11.5 Å². The molecule has 2 rings (SSSR count). The summed E-state index contributed by atoms with van der Waals surface area (Å²) in [5, 5.41) is 3.27. The Kier molecular flexibility index (Phi) is 5.03. The molecule has 0 spiro atoms. The fourth-order valence-corrected chi connectivity index (χ4v) is 3.36. The highest BCUT2D eigenvalue weighted by Gasteiger charge is 2.02. The van der Waals surface area contributed by atoms with Crippen molar-refractivity contribution in [1.82, 2.24) is 4.98 Å². The van der Waals surface area contributed by atoms with Crippen LogP contribution in [0.25, 0.3) is 0 Å². The van der Waals surface area contributed by atoms with Gasteiger partial charge in [-0.15, -0.1) is 23.1 Å². The monoisotopic (exact) mass is 328 g/mol. The van der Waals surface area contributed by atoms with Gasteiger partial charge in [0.05, 0.1) is 11.4 Å². The normalized spacial score (nSPS) is 10.7. The van der Waals surface area contributed by atoms with Gasteiger partial charge in [0.25, 0.3) is 0 Å². The number of hydrogen-bond acceptors (Lipinski definition) is 4. The Bertz CT molecular complexity index is 468. The molecule has 90 valence electrons. The van der Waals surface area contributed by atoms with Gasteiger partial charge in [0.2, 0.25) is 0 Å². The molecule has 0 fully saturated rings. The molecule has 0 bridgehead atoms. The summed E-state index contributed by atoms with van der Waals surface area (Å²) in [7, 11) is 0. The maximum atomic E-state index is 5.50. The van der Waals surface area contributed by atoms with Crippen LogP contribution in [0, 0.1) is 0 Å². The Labute approximate surface area is 118 Å². The maximum absolute atomic E-state index is 5.50. The number of thiazole rings is 1. The zero-order chi connectivity index (χ0) is 12.1. The number of halogens is 1. The van der Waals surface area contributed by atoms with Gasteiger partial charge in [-0.3, -0.25) is 0 Å². The molecule has 1 heterocycles. The van der Waals surface area contributed by atoms with E-state index in [1.807, 2.05) is 11.8 Å². The van der Waals surface area contributed by atoms with E-state index >= 15 is 0 Å². The molecule has 0 saturated carbocycles. The van der Waals surface area contributed by atoms with Crippen LogP contribution in [0.2, 0.25) is 0 Å². The smallest absolute Gasteiger partial charge is 0.103 e. The Morgan fingerprint density at radius 1 is 1.29 bits per heavy atom. The third kappa shape index (κ3) is 4.10. The van der Waals surface area contributed by atoms with E-state index in [1.54, 1.807) is 11.3 Å². The van der Waals surface area contributed by atoms with E-state index in [1.165, 1.54) is 9.90 Å². The van der Waals surface area contributed by atoms with Gasteiger partial charge in [-0.2, -0.15) is 0 Å². The van der Waals surface area contributed by atoms with Crippen LogP contribution < -0.4 is 5.73 Å². The van der Waals surface area contributed by atoms with Gasteiger partial charge < -0.3 is 5.73 Å². The van der Waals surface area contributed by atoms with Crippen molar-refractivity contribution < 1.29 is 0 Å². The summed E-state index contributed by atoms with van der Waals surface area (Å²) >= 11 is 6.96. The second-order valence-corrected chi connectivity index (χ2v) is 6.42. The Morgan fingerprint density at radius 2 is 2.06 bits per heavy atom. The molecule has 0 saturated heterocycles. The maximum Gasteiger partial charge on any atom is 0.103 e. The summed E-state index contributed by atoms with van der Waals surface area (Å²) in [6, 6.07) is 8.35. The molecule has 1 aromatic heterocycles. The van der Waals surface area contributed by atoms with Crippen molar-refractivity contribution in [3.63, 3.8) is 0 Å². The lowest BCUT2D eigenvalue weighted by atomic mass is 10.3. The van der Waals surface area contributed by atoms with Crippen molar-refractivity contribution in [1.29, 1.82) is 0 Å². The molecule has 2 nitrogen and oxygen atoms in total. The minimum Gasteiger partial charge on any atom is -0.330 e. The van der Waals surface area contributed by atoms with Crippen LogP contribution in [-0.2, 0) is 12.2 Å². The lowest BCUT2D eigenvalue weighted by Crippen LogP contribution is -2.02. The van der Waals surface area contributed by atoms with Gasteiger partial charge in [-0.1, -0.05) is 15.9 Å². The van der Waals surface area contributed by atoms with E-state index in [2.05, 4.69) is 50.6 Å². The first kappa shape index (κ1) is 13.1. The number of nitrogens with zero attached hydrogens (tertiary/aromatic N) is 1. The van der Waals surface area contributed by atoms with Gasteiger partial charge in [-0.25, -0.2) is 4.98 Å². The van der Waals surface area contributed by atoms with Crippen molar-refractivity contribution in [3.05, 3.63) is 44.8 Å². The fourth-order valence-electron chi connectivity index (χ4n) is 1.35. The third-order valence-electron chi connectivity index (χ3n) is 2.18. The highest BCUT2D eigenvalue weighted by atomic mass is 79.9. The standard InChI is InChI=1S/C12H13BrN2S2/c13-9-1-3-11(4-2-9)16-8-12-15-10(5-6-14)7-17-12/h1-4,7H,5-6,8,14H2. The Hall–Kier alpha value is -0.360.